The Labute approximate surface area is 143 Å². The highest BCUT2D eigenvalue weighted by atomic mass is 35.5. The van der Waals surface area contributed by atoms with Crippen molar-refractivity contribution in [2.45, 2.75) is 33.1 Å². The van der Waals surface area contributed by atoms with Crippen LogP contribution < -0.4 is 14.2 Å². The van der Waals surface area contributed by atoms with E-state index in [4.69, 9.17) is 14.2 Å². The Morgan fingerprint density at radius 2 is 1.70 bits per heavy atom. The molecule has 0 radical (unpaired) electrons. The van der Waals surface area contributed by atoms with Crippen LogP contribution in [0.2, 0.25) is 0 Å². The zero-order chi connectivity index (χ0) is 15.9. The second-order valence-corrected chi connectivity index (χ2v) is 5.21. The fourth-order valence-electron chi connectivity index (χ4n) is 2.48. The van der Waals surface area contributed by atoms with Gasteiger partial charge in [0, 0.05) is 5.69 Å². The van der Waals surface area contributed by atoms with Crippen LogP contribution in [0.4, 0.5) is 0 Å². The minimum atomic E-state index is 0. The predicted octanol–water partition coefficient (Wildman–Crippen LogP) is 3.87. The molecule has 0 saturated carbocycles. The molecule has 0 amide bonds. The molecule has 128 valence electrons. The summed E-state index contributed by atoms with van der Waals surface area (Å²) in [5.41, 5.74) is 3.56. The Kier molecular flexibility index (Phi) is 7.75. The molecular weight excluding hydrogens is 316 g/mol. The van der Waals surface area contributed by atoms with Crippen molar-refractivity contribution < 1.29 is 14.2 Å². The van der Waals surface area contributed by atoms with E-state index in [2.05, 4.69) is 17.1 Å². The van der Waals surface area contributed by atoms with E-state index < -0.39 is 0 Å². The summed E-state index contributed by atoms with van der Waals surface area (Å²) in [6.07, 6.45) is 3.03. The number of halogens is 1. The third kappa shape index (κ3) is 4.79. The Balaban J connectivity index is 0.00000264. The molecular formula is C17H25ClN2O3. The van der Waals surface area contributed by atoms with Crippen LogP contribution in [0.5, 0.6) is 17.2 Å². The molecule has 1 aromatic heterocycles. The molecule has 0 aliphatic heterocycles. The van der Waals surface area contributed by atoms with E-state index in [0.717, 1.165) is 30.7 Å². The highest BCUT2D eigenvalue weighted by Gasteiger charge is 2.11. The summed E-state index contributed by atoms with van der Waals surface area (Å²) in [6.45, 7) is 4.73. The molecule has 23 heavy (non-hydrogen) atoms. The number of H-pyrrole nitrogens is 1. The number of aromatic nitrogens is 2. The Morgan fingerprint density at radius 3 is 2.22 bits per heavy atom. The second kappa shape index (κ2) is 9.30. The number of nitrogens with one attached hydrogen (secondary N) is 1. The number of aromatic amines is 1. The van der Waals surface area contributed by atoms with Crippen molar-refractivity contribution in [3.8, 4) is 17.2 Å². The van der Waals surface area contributed by atoms with Gasteiger partial charge in [-0.25, -0.2) is 0 Å². The van der Waals surface area contributed by atoms with E-state index in [1.165, 1.54) is 5.56 Å². The van der Waals surface area contributed by atoms with Crippen molar-refractivity contribution in [1.82, 2.24) is 10.2 Å². The minimum absolute atomic E-state index is 0. The van der Waals surface area contributed by atoms with Gasteiger partial charge in [0.1, 0.15) is 0 Å². The number of rotatable bonds is 8. The van der Waals surface area contributed by atoms with Crippen LogP contribution in [0, 0.1) is 13.8 Å². The maximum atomic E-state index is 5.86. The first-order chi connectivity index (χ1) is 10.7. The monoisotopic (exact) mass is 340 g/mol. The lowest BCUT2D eigenvalue weighted by Gasteiger charge is -2.14. The second-order valence-electron chi connectivity index (χ2n) is 5.21. The van der Waals surface area contributed by atoms with Crippen LogP contribution >= 0.6 is 12.4 Å². The number of methoxy groups -OCH3 is 2. The van der Waals surface area contributed by atoms with Gasteiger partial charge in [0.2, 0.25) is 5.75 Å². The average molecular weight is 341 g/mol. The first kappa shape index (κ1) is 19.2. The largest absolute Gasteiger partial charge is 0.493 e. The van der Waals surface area contributed by atoms with Gasteiger partial charge in [-0.15, -0.1) is 12.4 Å². The third-order valence-corrected chi connectivity index (χ3v) is 3.73. The fraction of sp³-hybridized carbons (Fsp3) is 0.471. The molecule has 0 atom stereocenters. The number of hydrogen-bond donors (Lipinski definition) is 1. The standard InChI is InChI=1S/C17H24N2O3.ClH/c1-12-14(13(2)19-18-12)8-5-6-11-22-17-15(20-3)9-7-10-16(17)21-4;/h7,9-10H,5-6,8,11H2,1-4H3,(H,18,19);1H. The van der Waals surface area contributed by atoms with Crippen molar-refractivity contribution in [2.24, 2.45) is 0 Å². The summed E-state index contributed by atoms with van der Waals surface area (Å²) in [6, 6.07) is 5.63. The highest BCUT2D eigenvalue weighted by molar-refractivity contribution is 5.85. The van der Waals surface area contributed by atoms with Crippen molar-refractivity contribution in [1.29, 1.82) is 0 Å². The van der Waals surface area contributed by atoms with Gasteiger partial charge in [-0.3, -0.25) is 5.10 Å². The first-order valence-corrected chi connectivity index (χ1v) is 7.51. The van der Waals surface area contributed by atoms with Gasteiger partial charge in [0.15, 0.2) is 11.5 Å². The number of ether oxygens (including phenoxy) is 3. The molecule has 5 nitrogen and oxygen atoms in total. The summed E-state index contributed by atoms with van der Waals surface area (Å²) >= 11 is 0. The number of aryl methyl sites for hydroxylation is 2. The maximum absolute atomic E-state index is 5.86. The molecule has 2 rings (SSSR count). The summed E-state index contributed by atoms with van der Waals surface area (Å²) in [5.74, 6) is 2.06. The lowest BCUT2D eigenvalue weighted by Crippen LogP contribution is -2.02. The van der Waals surface area contributed by atoms with Gasteiger partial charge in [0.05, 0.1) is 26.5 Å². The summed E-state index contributed by atoms with van der Waals surface area (Å²) in [5, 5.41) is 7.24. The molecule has 0 saturated heterocycles. The van der Waals surface area contributed by atoms with E-state index >= 15 is 0 Å². The molecule has 2 aromatic rings. The van der Waals surface area contributed by atoms with Gasteiger partial charge in [-0.2, -0.15) is 5.10 Å². The third-order valence-electron chi connectivity index (χ3n) is 3.73. The van der Waals surface area contributed by atoms with Crippen LogP contribution in [0.3, 0.4) is 0 Å². The van der Waals surface area contributed by atoms with Crippen LogP contribution in [0.1, 0.15) is 29.8 Å². The van der Waals surface area contributed by atoms with E-state index in [1.807, 2.05) is 25.1 Å². The molecule has 1 heterocycles. The minimum Gasteiger partial charge on any atom is -0.493 e. The van der Waals surface area contributed by atoms with E-state index in [0.29, 0.717) is 23.9 Å². The fourth-order valence-corrected chi connectivity index (χ4v) is 2.48. The molecule has 1 N–H and O–H groups in total. The smallest absolute Gasteiger partial charge is 0.203 e. The first-order valence-electron chi connectivity index (χ1n) is 7.51. The van der Waals surface area contributed by atoms with Crippen molar-refractivity contribution in [3.05, 3.63) is 35.2 Å². The quantitative estimate of drug-likeness (QED) is 0.741. The van der Waals surface area contributed by atoms with Gasteiger partial charge in [-0.1, -0.05) is 6.07 Å². The summed E-state index contributed by atoms with van der Waals surface area (Å²) in [4.78, 5) is 0. The maximum Gasteiger partial charge on any atom is 0.203 e. The van der Waals surface area contributed by atoms with Crippen LogP contribution in [-0.2, 0) is 6.42 Å². The van der Waals surface area contributed by atoms with Crippen molar-refractivity contribution >= 4 is 12.4 Å². The highest BCUT2D eigenvalue weighted by Crippen LogP contribution is 2.36. The summed E-state index contributed by atoms with van der Waals surface area (Å²) in [7, 11) is 3.26. The van der Waals surface area contributed by atoms with Gasteiger partial charge >= 0.3 is 0 Å². The van der Waals surface area contributed by atoms with E-state index in [9.17, 15) is 0 Å². The number of benzene rings is 1. The lowest BCUT2D eigenvalue weighted by molar-refractivity contribution is 0.268. The average Bonchev–Trinajstić information content (AvgIpc) is 2.86. The van der Waals surface area contributed by atoms with Crippen LogP contribution in [0.25, 0.3) is 0 Å². The Hall–Kier alpha value is -1.88. The molecule has 0 aliphatic carbocycles. The normalized spacial score (nSPS) is 10.1. The summed E-state index contributed by atoms with van der Waals surface area (Å²) < 4.78 is 16.5. The molecule has 6 heteroatoms. The van der Waals surface area contributed by atoms with Gasteiger partial charge in [0.25, 0.3) is 0 Å². The Morgan fingerprint density at radius 1 is 1.04 bits per heavy atom. The molecule has 0 fully saturated rings. The molecule has 0 aliphatic rings. The molecule has 1 aromatic carbocycles. The van der Waals surface area contributed by atoms with E-state index in [1.54, 1.807) is 14.2 Å². The van der Waals surface area contributed by atoms with E-state index in [-0.39, 0.29) is 12.4 Å². The number of nitrogens with zero attached hydrogens (tertiary/aromatic N) is 1. The number of unbranched alkanes of at least 4 members (excludes halogenated alkanes) is 1. The van der Waals surface area contributed by atoms with Gasteiger partial charge in [-0.05, 0) is 50.8 Å². The Bertz CT molecular complexity index is 572. The topological polar surface area (TPSA) is 56.4 Å². The van der Waals surface area contributed by atoms with Gasteiger partial charge < -0.3 is 14.2 Å². The zero-order valence-corrected chi connectivity index (χ0v) is 15.0. The number of hydrogen-bond acceptors (Lipinski definition) is 4. The predicted molar refractivity (Wildman–Crippen MR) is 93.3 cm³/mol. The zero-order valence-electron chi connectivity index (χ0n) is 14.1. The molecule has 0 unspecified atom stereocenters. The van der Waals surface area contributed by atoms with Crippen molar-refractivity contribution in [3.63, 3.8) is 0 Å². The molecule has 0 bridgehead atoms. The molecule has 0 spiro atoms. The SMILES string of the molecule is COc1cccc(OC)c1OCCCCc1c(C)n[nH]c1C.Cl. The van der Waals surface area contributed by atoms with Crippen LogP contribution in [-0.4, -0.2) is 31.0 Å². The number of para-hydroxylation sites is 1. The van der Waals surface area contributed by atoms with Crippen LogP contribution in [0.15, 0.2) is 18.2 Å². The van der Waals surface area contributed by atoms with Crippen molar-refractivity contribution in [2.75, 3.05) is 20.8 Å². The lowest BCUT2D eigenvalue weighted by atomic mass is 10.1.